The van der Waals surface area contributed by atoms with Crippen LogP contribution in [0.25, 0.3) is 0 Å². The first-order valence-electron chi connectivity index (χ1n) is 10.1. The quantitative estimate of drug-likeness (QED) is 0.249. The molecule has 0 aromatic rings. The van der Waals surface area contributed by atoms with Gasteiger partial charge in [-0.15, -0.1) is 0 Å². The van der Waals surface area contributed by atoms with Gasteiger partial charge in [0.1, 0.15) is 0 Å². The standard InChI is InChI=1S/C21H35NO5/c1-4-5-11-20(2,3)18(23)9-8-15-6-7-16-13-17(14-21(15,16)26)22-27-12-10-19(24)25/h8-9,14-16,18,22-23,26H,4-7,10-13H2,1-3H3,(H,24,25)/t15-,16+,18?,21+/m0/s1. The van der Waals surface area contributed by atoms with E-state index in [9.17, 15) is 15.0 Å². The van der Waals surface area contributed by atoms with Crippen molar-refractivity contribution in [3.05, 3.63) is 23.9 Å². The lowest BCUT2D eigenvalue weighted by Crippen LogP contribution is -2.34. The number of aliphatic hydroxyl groups is 2. The molecule has 2 rings (SSSR count). The molecule has 4 atom stereocenters. The number of carbonyl (C=O) groups is 1. The van der Waals surface area contributed by atoms with Crippen LogP contribution in [0.1, 0.15) is 65.7 Å². The maximum Gasteiger partial charge on any atom is 0.305 e. The highest BCUT2D eigenvalue weighted by molar-refractivity contribution is 5.66. The Kier molecular flexibility index (Phi) is 7.48. The summed E-state index contributed by atoms with van der Waals surface area (Å²) in [6.45, 7) is 6.39. The van der Waals surface area contributed by atoms with Crippen molar-refractivity contribution >= 4 is 5.97 Å². The molecule has 0 amide bonds. The van der Waals surface area contributed by atoms with E-state index in [0.29, 0.717) is 6.42 Å². The van der Waals surface area contributed by atoms with E-state index in [1.807, 2.05) is 18.2 Å². The highest BCUT2D eigenvalue weighted by atomic mass is 16.6. The van der Waals surface area contributed by atoms with Crippen LogP contribution < -0.4 is 5.48 Å². The number of nitrogens with one attached hydrogen (secondary N) is 1. The van der Waals surface area contributed by atoms with Crippen LogP contribution in [0.15, 0.2) is 23.9 Å². The Labute approximate surface area is 162 Å². The van der Waals surface area contributed by atoms with Crippen LogP contribution >= 0.6 is 0 Å². The van der Waals surface area contributed by atoms with Crippen LogP contribution in [0.3, 0.4) is 0 Å². The maximum atomic E-state index is 11.2. The average molecular weight is 382 g/mol. The van der Waals surface area contributed by atoms with Gasteiger partial charge in [0, 0.05) is 11.6 Å². The summed E-state index contributed by atoms with van der Waals surface area (Å²) >= 11 is 0. The summed E-state index contributed by atoms with van der Waals surface area (Å²) in [7, 11) is 0. The summed E-state index contributed by atoms with van der Waals surface area (Å²) in [6.07, 6.45) is 10.7. The van der Waals surface area contributed by atoms with Gasteiger partial charge in [-0.3, -0.25) is 15.1 Å². The second kappa shape index (κ2) is 9.22. The number of carboxylic acid groups (broad SMARTS) is 1. The molecule has 0 aromatic heterocycles. The van der Waals surface area contributed by atoms with Gasteiger partial charge in [-0.05, 0) is 43.1 Å². The highest BCUT2D eigenvalue weighted by Gasteiger charge is 2.50. The van der Waals surface area contributed by atoms with Gasteiger partial charge in [0.15, 0.2) is 0 Å². The molecule has 0 radical (unpaired) electrons. The van der Waals surface area contributed by atoms with Crippen LogP contribution in [0, 0.1) is 17.3 Å². The van der Waals surface area contributed by atoms with E-state index >= 15 is 0 Å². The lowest BCUT2D eigenvalue weighted by molar-refractivity contribution is -0.138. The molecule has 27 heavy (non-hydrogen) atoms. The number of hydroxylamine groups is 1. The van der Waals surface area contributed by atoms with Gasteiger partial charge < -0.3 is 15.3 Å². The Bertz CT molecular complexity index is 571. The van der Waals surface area contributed by atoms with Crippen molar-refractivity contribution in [2.45, 2.75) is 77.4 Å². The molecule has 2 aliphatic carbocycles. The van der Waals surface area contributed by atoms with Crippen LogP contribution in [0.2, 0.25) is 0 Å². The summed E-state index contributed by atoms with van der Waals surface area (Å²) in [4.78, 5) is 15.7. The van der Waals surface area contributed by atoms with Crippen molar-refractivity contribution < 1.29 is 25.0 Å². The molecule has 2 aliphatic rings. The van der Waals surface area contributed by atoms with Crippen molar-refractivity contribution in [1.29, 1.82) is 0 Å². The van der Waals surface area contributed by atoms with Gasteiger partial charge >= 0.3 is 5.97 Å². The molecule has 1 unspecified atom stereocenters. The molecule has 6 heteroatoms. The predicted molar refractivity (Wildman–Crippen MR) is 104 cm³/mol. The first kappa shape index (κ1) is 21.9. The molecular formula is C21H35NO5. The topological polar surface area (TPSA) is 99.0 Å². The van der Waals surface area contributed by atoms with Crippen LogP contribution in [0.4, 0.5) is 0 Å². The van der Waals surface area contributed by atoms with E-state index in [1.54, 1.807) is 0 Å². The fraction of sp³-hybridized carbons (Fsp3) is 0.762. The number of rotatable bonds is 11. The SMILES string of the molecule is CCCCC(C)(C)C(O)C=C[C@@H]1CC[C@@H]2CC(NOCCC(=O)O)=C[C@]21O. The largest absolute Gasteiger partial charge is 0.481 e. The third-order valence-corrected chi connectivity index (χ3v) is 6.07. The molecular weight excluding hydrogens is 346 g/mol. The highest BCUT2D eigenvalue weighted by Crippen LogP contribution is 2.49. The lowest BCUT2D eigenvalue weighted by Gasteiger charge is -2.30. The Morgan fingerprint density at radius 2 is 2.22 bits per heavy atom. The average Bonchev–Trinajstić information content (AvgIpc) is 3.07. The van der Waals surface area contributed by atoms with E-state index in [2.05, 4.69) is 26.3 Å². The van der Waals surface area contributed by atoms with Crippen molar-refractivity contribution in [2.24, 2.45) is 17.3 Å². The molecule has 154 valence electrons. The van der Waals surface area contributed by atoms with E-state index in [4.69, 9.17) is 9.94 Å². The number of fused-ring (bicyclic) bond motifs is 1. The van der Waals surface area contributed by atoms with Crippen molar-refractivity contribution in [3.63, 3.8) is 0 Å². The smallest absolute Gasteiger partial charge is 0.305 e. The minimum Gasteiger partial charge on any atom is -0.481 e. The van der Waals surface area contributed by atoms with Crippen molar-refractivity contribution in [1.82, 2.24) is 5.48 Å². The zero-order chi connectivity index (χ0) is 20.1. The van der Waals surface area contributed by atoms with Crippen molar-refractivity contribution in [2.75, 3.05) is 6.61 Å². The molecule has 0 bridgehead atoms. The van der Waals surface area contributed by atoms with E-state index in [0.717, 1.165) is 37.8 Å². The van der Waals surface area contributed by atoms with Gasteiger partial charge in [0.05, 0.1) is 24.7 Å². The lowest BCUT2D eigenvalue weighted by atomic mass is 9.80. The van der Waals surface area contributed by atoms with Gasteiger partial charge in [-0.25, -0.2) is 0 Å². The minimum absolute atomic E-state index is 0.0301. The number of aliphatic hydroxyl groups excluding tert-OH is 1. The normalized spacial score (nSPS) is 29.0. The van der Waals surface area contributed by atoms with E-state index in [-0.39, 0.29) is 30.3 Å². The van der Waals surface area contributed by atoms with Gasteiger partial charge in [-0.2, -0.15) is 0 Å². The molecule has 1 fully saturated rings. The molecule has 4 N–H and O–H groups in total. The number of unbranched alkanes of at least 4 members (excludes halogenated alkanes) is 1. The van der Waals surface area contributed by atoms with E-state index in [1.165, 1.54) is 0 Å². The summed E-state index contributed by atoms with van der Waals surface area (Å²) in [6, 6.07) is 0. The number of allylic oxidation sites excluding steroid dienone is 1. The second-order valence-electron chi connectivity index (χ2n) is 8.66. The fourth-order valence-corrected chi connectivity index (χ4v) is 4.12. The monoisotopic (exact) mass is 381 g/mol. The molecule has 6 nitrogen and oxygen atoms in total. The Hall–Kier alpha value is -1.37. The fourth-order valence-electron chi connectivity index (χ4n) is 4.12. The summed E-state index contributed by atoms with van der Waals surface area (Å²) < 4.78 is 0. The first-order chi connectivity index (χ1) is 12.7. The zero-order valence-corrected chi connectivity index (χ0v) is 16.8. The van der Waals surface area contributed by atoms with Crippen molar-refractivity contribution in [3.8, 4) is 0 Å². The number of hydrogen-bond acceptors (Lipinski definition) is 5. The Balaban J connectivity index is 1.94. The second-order valence-corrected chi connectivity index (χ2v) is 8.66. The van der Waals surface area contributed by atoms with Crippen LogP contribution in [-0.4, -0.2) is 39.6 Å². The Morgan fingerprint density at radius 1 is 1.48 bits per heavy atom. The Morgan fingerprint density at radius 3 is 2.89 bits per heavy atom. The summed E-state index contributed by atoms with van der Waals surface area (Å²) in [5.74, 6) is -0.807. The third kappa shape index (κ3) is 5.56. The maximum absolute atomic E-state index is 11.2. The van der Waals surface area contributed by atoms with E-state index < -0.39 is 17.7 Å². The molecule has 1 saturated carbocycles. The molecule has 0 aromatic carbocycles. The molecule has 0 heterocycles. The third-order valence-electron chi connectivity index (χ3n) is 6.07. The molecule has 0 aliphatic heterocycles. The number of aliphatic carboxylic acids is 1. The summed E-state index contributed by atoms with van der Waals surface area (Å²) in [5.41, 5.74) is 2.48. The van der Waals surface area contributed by atoms with Crippen LogP contribution in [0.5, 0.6) is 0 Å². The predicted octanol–water partition coefficient (Wildman–Crippen LogP) is 3.16. The van der Waals surface area contributed by atoms with Gasteiger partial charge in [0.2, 0.25) is 0 Å². The zero-order valence-electron chi connectivity index (χ0n) is 16.8. The van der Waals surface area contributed by atoms with Crippen LogP contribution in [-0.2, 0) is 9.63 Å². The minimum atomic E-state index is -0.928. The molecule has 0 spiro atoms. The van der Waals surface area contributed by atoms with Gasteiger partial charge in [0.25, 0.3) is 0 Å². The first-order valence-corrected chi connectivity index (χ1v) is 10.1. The molecule has 0 saturated heterocycles. The van der Waals surface area contributed by atoms with Gasteiger partial charge in [-0.1, -0.05) is 45.8 Å². The number of carboxylic acids is 1. The summed E-state index contributed by atoms with van der Waals surface area (Å²) in [5, 5.41) is 30.4. The number of hydrogen-bond donors (Lipinski definition) is 4.